The highest BCUT2D eigenvalue weighted by Gasteiger charge is 2.11. The summed E-state index contributed by atoms with van der Waals surface area (Å²) in [5.41, 5.74) is 7.30. The van der Waals surface area contributed by atoms with Gasteiger partial charge < -0.3 is 20.8 Å². The number of methoxy groups -OCH3 is 1. The zero-order valence-electron chi connectivity index (χ0n) is 10.7. The van der Waals surface area contributed by atoms with Gasteiger partial charge in [0.15, 0.2) is 0 Å². The number of halogens is 1. The zero-order chi connectivity index (χ0) is 13.0. The number of hydrogen-bond acceptors (Lipinski definition) is 3. The first-order valence-corrected chi connectivity index (χ1v) is 5.83. The third-order valence-corrected chi connectivity index (χ3v) is 2.85. The Morgan fingerprint density at radius 2 is 2.26 bits per heavy atom. The fourth-order valence-corrected chi connectivity index (χ4v) is 1.81. The Bertz CT molecular complexity index is 537. The summed E-state index contributed by atoms with van der Waals surface area (Å²) in [5.74, 6) is -0.0952. The third-order valence-electron chi connectivity index (χ3n) is 2.85. The van der Waals surface area contributed by atoms with Gasteiger partial charge in [0.2, 0.25) is 5.91 Å². The smallest absolute Gasteiger partial charge is 0.227 e. The molecule has 1 amide bonds. The van der Waals surface area contributed by atoms with Gasteiger partial charge in [0, 0.05) is 36.4 Å². The summed E-state index contributed by atoms with van der Waals surface area (Å²) in [6, 6.07) is 7.68. The van der Waals surface area contributed by atoms with Gasteiger partial charge >= 0.3 is 0 Å². The second-order valence-corrected chi connectivity index (χ2v) is 4.13. The number of amides is 1. The minimum atomic E-state index is -0.235. The highest BCUT2D eigenvalue weighted by Crippen LogP contribution is 2.18. The van der Waals surface area contributed by atoms with Crippen LogP contribution in [0.5, 0.6) is 0 Å². The topological polar surface area (TPSA) is 80.1 Å². The standard InChI is InChI=1S/C13H17N3O2.ClH/c1-18-11(8-14)7-13(17)16-10-2-3-12-9(6-10)4-5-15-12;/h2-6,11,15H,7-8,14H2,1H3,(H,16,17);1H. The number of carbonyl (C=O) groups is 1. The van der Waals surface area contributed by atoms with Gasteiger partial charge in [-0.3, -0.25) is 4.79 Å². The van der Waals surface area contributed by atoms with Crippen LogP contribution in [0.4, 0.5) is 5.69 Å². The van der Waals surface area contributed by atoms with E-state index in [9.17, 15) is 4.79 Å². The SMILES string of the molecule is COC(CN)CC(=O)Nc1ccc2[nH]ccc2c1.Cl. The third kappa shape index (κ3) is 3.96. The Morgan fingerprint density at radius 3 is 2.95 bits per heavy atom. The number of fused-ring (bicyclic) bond motifs is 1. The van der Waals surface area contributed by atoms with E-state index in [1.54, 1.807) is 7.11 Å². The van der Waals surface area contributed by atoms with Crippen LogP contribution < -0.4 is 11.1 Å². The highest BCUT2D eigenvalue weighted by atomic mass is 35.5. The van der Waals surface area contributed by atoms with E-state index in [1.807, 2.05) is 30.5 Å². The normalized spacial score (nSPS) is 11.9. The first kappa shape index (κ1) is 15.5. The summed E-state index contributed by atoms with van der Waals surface area (Å²) >= 11 is 0. The van der Waals surface area contributed by atoms with Crippen LogP contribution in [0.3, 0.4) is 0 Å². The van der Waals surface area contributed by atoms with Gasteiger partial charge in [-0.2, -0.15) is 0 Å². The average Bonchev–Trinajstić information content (AvgIpc) is 2.83. The largest absolute Gasteiger partial charge is 0.380 e. The lowest BCUT2D eigenvalue weighted by Crippen LogP contribution is -2.28. The number of nitrogens with two attached hydrogens (primary N) is 1. The molecule has 0 radical (unpaired) electrons. The first-order valence-electron chi connectivity index (χ1n) is 5.83. The molecule has 1 heterocycles. The molecule has 5 nitrogen and oxygen atoms in total. The van der Waals surface area contributed by atoms with Crippen LogP contribution in [0.25, 0.3) is 10.9 Å². The van der Waals surface area contributed by atoms with Crippen molar-refractivity contribution in [2.24, 2.45) is 5.73 Å². The number of aromatic nitrogens is 1. The lowest BCUT2D eigenvalue weighted by molar-refractivity contribution is -0.118. The number of anilines is 1. The van der Waals surface area contributed by atoms with Crippen LogP contribution in [-0.2, 0) is 9.53 Å². The van der Waals surface area contributed by atoms with Crippen LogP contribution in [-0.4, -0.2) is 30.6 Å². The molecule has 0 bridgehead atoms. The summed E-state index contributed by atoms with van der Waals surface area (Å²) in [4.78, 5) is 14.9. The lowest BCUT2D eigenvalue weighted by Gasteiger charge is -2.12. The molecule has 0 saturated heterocycles. The number of rotatable bonds is 5. The summed E-state index contributed by atoms with van der Waals surface area (Å²) in [6.45, 7) is 0.334. The highest BCUT2D eigenvalue weighted by molar-refractivity contribution is 5.94. The number of H-pyrrole nitrogens is 1. The molecule has 2 rings (SSSR count). The number of nitrogens with one attached hydrogen (secondary N) is 2. The second-order valence-electron chi connectivity index (χ2n) is 4.13. The van der Waals surface area contributed by atoms with Gasteiger partial charge in [-0.05, 0) is 24.3 Å². The van der Waals surface area contributed by atoms with Crippen LogP contribution in [0, 0.1) is 0 Å². The average molecular weight is 284 g/mol. The van der Waals surface area contributed by atoms with Gasteiger partial charge in [-0.1, -0.05) is 0 Å². The summed E-state index contributed by atoms with van der Waals surface area (Å²) < 4.78 is 5.07. The van der Waals surface area contributed by atoms with E-state index in [2.05, 4.69) is 10.3 Å². The molecule has 0 fully saturated rings. The van der Waals surface area contributed by atoms with Crippen molar-refractivity contribution in [3.05, 3.63) is 30.5 Å². The number of hydrogen-bond donors (Lipinski definition) is 3. The number of benzene rings is 1. The molecule has 4 N–H and O–H groups in total. The molecule has 2 aromatic rings. The van der Waals surface area contributed by atoms with E-state index >= 15 is 0 Å². The maximum absolute atomic E-state index is 11.8. The number of ether oxygens (including phenoxy) is 1. The summed E-state index contributed by atoms with van der Waals surface area (Å²) in [6.07, 6.45) is 1.89. The molecule has 1 unspecified atom stereocenters. The van der Waals surface area contributed by atoms with E-state index in [1.165, 1.54) is 0 Å². The van der Waals surface area contributed by atoms with Crippen LogP contribution in [0.1, 0.15) is 6.42 Å². The Labute approximate surface area is 117 Å². The maximum atomic E-state index is 11.8. The molecule has 6 heteroatoms. The Hall–Kier alpha value is -1.56. The van der Waals surface area contributed by atoms with Crippen LogP contribution >= 0.6 is 12.4 Å². The van der Waals surface area contributed by atoms with Crippen molar-refractivity contribution in [2.75, 3.05) is 19.0 Å². The molecular weight excluding hydrogens is 266 g/mol. The molecule has 1 aromatic heterocycles. The molecule has 0 aliphatic carbocycles. The predicted molar refractivity (Wildman–Crippen MR) is 78.6 cm³/mol. The maximum Gasteiger partial charge on any atom is 0.227 e. The fraction of sp³-hybridized carbons (Fsp3) is 0.308. The van der Waals surface area contributed by atoms with Gasteiger partial charge in [0.1, 0.15) is 0 Å². The molecular formula is C13H18ClN3O2. The van der Waals surface area contributed by atoms with Crippen molar-refractivity contribution in [2.45, 2.75) is 12.5 Å². The quantitative estimate of drug-likeness (QED) is 0.784. The molecule has 0 saturated carbocycles. The van der Waals surface area contributed by atoms with Crippen LogP contribution in [0.2, 0.25) is 0 Å². The zero-order valence-corrected chi connectivity index (χ0v) is 11.5. The van der Waals surface area contributed by atoms with Crippen molar-refractivity contribution >= 4 is 34.9 Å². The van der Waals surface area contributed by atoms with Crippen molar-refractivity contribution in [1.82, 2.24) is 4.98 Å². The van der Waals surface area contributed by atoms with E-state index in [-0.39, 0.29) is 30.8 Å². The Morgan fingerprint density at radius 1 is 1.47 bits per heavy atom. The monoisotopic (exact) mass is 283 g/mol. The molecule has 0 spiro atoms. The van der Waals surface area contributed by atoms with Crippen molar-refractivity contribution in [3.8, 4) is 0 Å². The number of aromatic amines is 1. The predicted octanol–water partition coefficient (Wildman–Crippen LogP) is 1.89. The van der Waals surface area contributed by atoms with E-state index in [4.69, 9.17) is 10.5 Å². The molecule has 1 atom stereocenters. The molecule has 1 aromatic carbocycles. The molecule has 104 valence electrons. The van der Waals surface area contributed by atoms with Gasteiger partial charge in [-0.25, -0.2) is 0 Å². The van der Waals surface area contributed by atoms with E-state index < -0.39 is 0 Å². The first-order chi connectivity index (χ1) is 8.72. The van der Waals surface area contributed by atoms with Crippen molar-refractivity contribution in [3.63, 3.8) is 0 Å². The minimum Gasteiger partial charge on any atom is -0.380 e. The fourth-order valence-electron chi connectivity index (χ4n) is 1.81. The van der Waals surface area contributed by atoms with Crippen LogP contribution in [0.15, 0.2) is 30.5 Å². The Balaban J connectivity index is 0.00000180. The second kappa shape index (κ2) is 7.13. The van der Waals surface area contributed by atoms with E-state index in [0.717, 1.165) is 16.6 Å². The van der Waals surface area contributed by atoms with Gasteiger partial charge in [0.25, 0.3) is 0 Å². The summed E-state index contributed by atoms with van der Waals surface area (Å²) in [7, 11) is 1.55. The summed E-state index contributed by atoms with van der Waals surface area (Å²) in [5, 5.41) is 3.90. The Kier molecular flexibility index (Phi) is 5.82. The number of carbonyl (C=O) groups excluding carboxylic acids is 1. The lowest BCUT2D eigenvalue weighted by atomic mass is 10.2. The van der Waals surface area contributed by atoms with Crippen molar-refractivity contribution in [1.29, 1.82) is 0 Å². The van der Waals surface area contributed by atoms with E-state index in [0.29, 0.717) is 6.54 Å². The van der Waals surface area contributed by atoms with Gasteiger partial charge in [0.05, 0.1) is 12.5 Å². The molecule has 19 heavy (non-hydrogen) atoms. The van der Waals surface area contributed by atoms with Crippen molar-refractivity contribution < 1.29 is 9.53 Å². The van der Waals surface area contributed by atoms with Gasteiger partial charge in [-0.15, -0.1) is 12.4 Å². The molecule has 0 aliphatic rings. The minimum absolute atomic E-state index is 0. The molecule has 0 aliphatic heterocycles.